The van der Waals surface area contributed by atoms with Gasteiger partial charge in [-0.3, -0.25) is 9.59 Å². The van der Waals surface area contributed by atoms with Gasteiger partial charge in [0.15, 0.2) is 5.65 Å². The highest BCUT2D eigenvalue weighted by molar-refractivity contribution is 7.90. The van der Waals surface area contributed by atoms with Gasteiger partial charge in [-0.1, -0.05) is 48.0 Å². The van der Waals surface area contributed by atoms with Crippen LogP contribution >= 0.6 is 0 Å². The minimum absolute atomic E-state index is 0.0119. The van der Waals surface area contributed by atoms with Crippen LogP contribution in [-0.4, -0.2) is 58.6 Å². The molecule has 2 aromatic carbocycles. The molecule has 1 saturated heterocycles. The average Bonchev–Trinajstić information content (AvgIpc) is 3.54. The molecule has 0 radical (unpaired) electrons. The van der Waals surface area contributed by atoms with Gasteiger partial charge in [-0.25, -0.2) is 18.1 Å². The molecule has 6 rings (SSSR count). The van der Waals surface area contributed by atoms with Crippen molar-refractivity contribution in [1.29, 1.82) is 0 Å². The Balaban J connectivity index is 1.36. The maximum Gasteiger partial charge on any atom is 0.270 e. The summed E-state index contributed by atoms with van der Waals surface area (Å²) in [7, 11) is -3.80. The van der Waals surface area contributed by atoms with Crippen molar-refractivity contribution in [2.75, 3.05) is 24.2 Å². The van der Waals surface area contributed by atoms with Gasteiger partial charge in [0.1, 0.15) is 16.9 Å². The number of hydrogen-bond acceptors (Lipinski definition) is 7. The van der Waals surface area contributed by atoms with E-state index in [0.29, 0.717) is 24.5 Å². The van der Waals surface area contributed by atoms with E-state index in [1.807, 2.05) is 41.7 Å². The number of carbonyl (C=O) groups is 2. The van der Waals surface area contributed by atoms with Crippen molar-refractivity contribution in [3.63, 3.8) is 0 Å². The second-order valence-electron chi connectivity index (χ2n) is 11.4. The molecular weight excluding hydrogens is 564 g/mol. The minimum Gasteiger partial charge on any atom is -0.339 e. The van der Waals surface area contributed by atoms with Crippen LogP contribution < -0.4 is 10.0 Å². The summed E-state index contributed by atoms with van der Waals surface area (Å²) in [6, 6.07) is 14.4. The lowest BCUT2D eigenvalue weighted by Crippen LogP contribution is -2.45. The monoisotopic (exact) mass is 598 g/mol. The van der Waals surface area contributed by atoms with Crippen molar-refractivity contribution in [1.82, 2.24) is 24.2 Å². The molecule has 1 spiro atoms. The largest absolute Gasteiger partial charge is 0.339 e. The van der Waals surface area contributed by atoms with Crippen LogP contribution in [-0.2, 0) is 15.4 Å². The number of nitrogens with zero attached hydrogens (tertiary/aromatic N) is 4. The summed E-state index contributed by atoms with van der Waals surface area (Å²) in [6.45, 7) is 8.70. The van der Waals surface area contributed by atoms with Crippen LogP contribution in [0.3, 0.4) is 0 Å². The third-order valence-corrected chi connectivity index (χ3v) is 10.0. The lowest BCUT2D eigenvalue weighted by Gasteiger charge is -2.41. The molecule has 1 fully saturated rings. The molecule has 1 aliphatic carbocycles. The Morgan fingerprint density at radius 2 is 1.74 bits per heavy atom. The van der Waals surface area contributed by atoms with E-state index in [4.69, 9.17) is 0 Å². The number of hydrogen-bond donors (Lipinski definition) is 2. The Kier molecular flexibility index (Phi) is 7.08. The van der Waals surface area contributed by atoms with Gasteiger partial charge < -0.3 is 10.2 Å². The van der Waals surface area contributed by atoms with E-state index < -0.39 is 15.9 Å². The number of aryl methyl sites for hydroxylation is 2. The lowest BCUT2D eigenvalue weighted by molar-refractivity contribution is 0.0685. The van der Waals surface area contributed by atoms with Gasteiger partial charge >= 0.3 is 0 Å². The van der Waals surface area contributed by atoms with E-state index in [-0.39, 0.29) is 28.3 Å². The van der Waals surface area contributed by atoms with Crippen molar-refractivity contribution < 1.29 is 18.0 Å². The molecule has 0 bridgehead atoms. The molecule has 3 heterocycles. The molecular formula is C32H34N6O4S. The minimum atomic E-state index is -3.80. The Morgan fingerprint density at radius 3 is 2.49 bits per heavy atom. The summed E-state index contributed by atoms with van der Waals surface area (Å²) in [6.07, 6.45) is 6.59. The Morgan fingerprint density at radius 1 is 1.00 bits per heavy atom. The third kappa shape index (κ3) is 4.97. The zero-order chi connectivity index (χ0) is 30.5. The fraction of sp³-hybridized carbons (Fsp3) is 0.312. The van der Waals surface area contributed by atoms with Crippen LogP contribution in [0.1, 0.15) is 69.7 Å². The number of sulfonamides is 1. The first-order valence-corrected chi connectivity index (χ1v) is 16.0. The standard InChI is InChI=1S/C32H34N6O4S/c1-5-43(41,42)36-30(39)24-19-34-38-28(24)33-18-25(29(38)35-27-16-20(2)10-11-21(27)3)31(40)37-14-12-32(13-15-37)22(4)17-23-8-6-7-9-26(23)32/h6-11,16-19,35H,5,12-15H2,1-4H3,(H,36,39). The fourth-order valence-corrected chi connectivity index (χ4v) is 6.74. The van der Waals surface area contributed by atoms with Gasteiger partial charge in [-0.05, 0) is 68.9 Å². The van der Waals surface area contributed by atoms with E-state index in [1.54, 1.807) is 0 Å². The number of nitrogens with one attached hydrogen (secondary N) is 2. The molecule has 2 aromatic heterocycles. The van der Waals surface area contributed by atoms with E-state index in [0.717, 1.165) is 29.7 Å². The smallest absolute Gasteiger partial charge is 0.270 e. The Hall–Kier alpha value is -4.51. The van der Waals surface area contributed by atoms with Crippen molar-refractivity contribution in [3.05, 3.63) is 93.8 Å². The molecule has 11 heteroatoms. The molecule has 1 aliphatic heterocycles. The molecule has 10 nitrogen and oxygen atoms in total. The number of benzene rings is 2. The summed E-state index contributed by atoms with van der Waals surface area (Å²) in [5.41, 5.74) is 7.01. The molecule has 43 heavy (non-hydrogen) atoms. The van der Waals surface area contributed by atoms with Gasteiger partial charge in [0, 0.05) is 30.4 Å². The number of rotatable bonds is 6. The van der Waals surface area contributed by atoms with E-state index >= 15 is 0 Å². The van der Waals surface area contributed by atoms with E-state index in [1.165, 1.54) is 40.5 Å². The zero-order valence-electron chi connectivity index (χ0n) is 24.6. The highest BCUT2D eigenvalue weighted by atomic mass is 32.2. The van der Waals surface area contributed by atoms with E-state index in [2.05, 4.69) is 52.7 Å². The number of carbonyl (C=O) groups excluding carboxylic acids is 2. The van der Waals surface area contributed by atoms with Crippen LogP contribution in [0.2, 0.25) is 0 Å². The highest BCUT2D eigenvalue weighted by Gasteiger charge is 2.43. The highest BCUT2D eigenvalue weighted by Crippen LogP contribution is 2.48. The number of aromatic nitrogens is 3. The van der Waals surface area contributed by atoms with Gasteiger partial charge in [0.25, 0.3) is 11.8 Å². The molecule has 0 unspecified atom stereocenters. The number of piperidine rings is 1. The number of amides is 2. The Labute approximate surface area is 250 Å². The van der Waals surface area contributed by atoms with Crippen molar-refractivity contribution in [2.24, 2.45) is 0 Å². The van der Waals surface area contributed by atoms with E-state index in [9.17, 15) is 18.0 Å². The normalized spacial score (nSPS) is 15.8. The molecule has 222 valence electrons. The Bertz CT molecular complexity index is 1920. The first kappa shape index (κ1) is 28.6. The van der Waals surface area contributed by atoms with Crippen LogP contribution in [0, 0.1) is 13.8 Å². The van der Waals surface area contributed by atoms with Gasteiger partial charge in [0.05, 0.1) is 11.9 Å². The first-order chi connectivity index (χ1) is 20.5. The predicted octanol–water partition coefficient (Wildman–Crippen LogP) is 4.76. The van der Waals surface area contributed by atoms with Crippen LogP contribution in [0.25, 0.3) is 11.7 Å². The molecule has 2 amide bonds. The predicted molar refractivity (Wildman–Crippen MR) is 166 cm³/mol. The number of likely N-dealkylation sites (tertiary alicyclic amines) is 1. The van der Waals surface area contributed by atoms with Gasteiger partial charge in [-0.2, -0.15) is 9.61 Å². The zero-order valence-corrected chi connectivity index (χ0v) is 25.5. The third-order valence-electron chi connectivity index (χ3n) is 8.78. The second-order valence-corrected chi connectivity index (χ2v) is 13.4. The number of fused-ring (bicyclic) bond motifs is 3. The molecule has 2 aliphatic rings. The molecule has 2 N–H and O–H groups in total. The molecule has 0 saturated carbocycles. The number of anilines is 2. The lowest BCUT2D eigenvalue weighted by atomic mass is 9.70. The fourth-order valence-electron chi connectivity index (χ4n) is 6.20. The summed E-state index contributed by atoms with van der Waals surface area (Å²) in [5.74, 6) is -0.923. The summed E-state index contributed by atoms with van der Waals surface area (Å²) >= 11 is 0. The SMILES string of the molecule is CCS(=O)(=O)NC(=O)c1cnn2c(Nc3cc(C)ccc3C)c(C(=O)N3CCC4(CC3)C(C)=Cc3ccccc34)cnc12. The van der Waals surface area contributed by atoms with Crippen LogP contribution in [0.5, 0.6) is 0 Å². The summed E-state index contributed by atoms with van der Waals surface area (Å²) in [4.78, 5) is 33.3. The second kappa shape index (κ2) is 10.6. The van der Waals surface area contributed by atoms with Crippen molar-refractivity contribution >= 4 is 45.1 Å². The van der Waals surface area contributed by atoms with Gasteiger partial charge in [0.2, 0.25) is 10.0 Å². The molecule has 0 atom stereocenters. The van der Waals surface area contributed by atoms with Crippen LogP contribution in [0.4, 0.5) is 11.5 Å². The summed E-state index contributed by atoms with van der Waals surface area (Å²) in [5, 5.41) is 7.76. The molecule has 4 aromatic rings. The average molecular weight is 599 g/mol. The maximum absolute atomic E-state index is 14.1. The van der Waals surface area contributed by atoms with Crippen LogP contribution in [0.15, 0.2) is 60.4 Å². The topological polar surface area (TPSA) is 126 Å². The number of allylic oxidation sites excluding steroid dienone is 1. The maximum atomic E-state index is 14.1. The summed E-state index contributed by atoms with van der Waals surface area (Å²) < 4.78 is 27.6. The van der Waals surface area contributed by atoms with Gasteiger partial charge in [-0.15, -0.1) is 0 Å². The van der Waals surface area contributed by atoms with Crippen molar-refractivity contribution in [2.45, 2.75) is 46.0 Å². The van der Waals surface area contributed by atoms with Crippen molar-refractivity contribution in [3.8, 4) is 0 Å². The first-order valence-electron chi connectivity index (χ1n) is 14.4. The quantitative estimate of drug-likeness (QED) is 0.328.